The Balaban J connectivity index is 0.00000130. The largest absolute Gasteiger partial charge is 0.461 e. The van der Waals surface area contributed by atoms with Gasteiger partial charge < -0.3 is 14.5 Å². The van der Waals surface area contributed by atoms with Gasteiger partial charge in [-0.2, -0.15) is 15.2 Å². The average Bonchev–Trinajstić information content (AvgIpc) is 3.64. The van der Waals surface area contributed by atoms with E-state index >= 15 is 0 Å². The van der Waals surface area contributed by atoms with Gasteiger partial charge in [-0.05, 0) is 62.6 Å². The van der Waals surface area contributed by atoms with E-state index in [2.05, 4.69) is 35.4 Å². The number of rotatable bonds is 9. The molecule has 0 N–H and O–H groups in total. The van der Waals surface area contributed by atoms with Crippen molar-refractivity contribution >= 4 is 23.3 Å². The number of aromatic nitrogens is 2. The molecular formula is C38H53ClF2N6O2. The van der Waals surface area contributed by atoms with E-state index in [1.54, 1.807) is 0 Å². The van der Waals surface area contributed by atoms with Crippen LogP contribution in [0.4, 0.5) is 14.6 Å². The Morgan fingerprint density at radius 3 is 2.63 bits per heavy atom. The minimum absolute atomic E-state index is 0.0649. The van der Waals surface area contributed by atoms with Crippen molar-refractivity contribution in [3.8, 4) is 12.1 Å². The number of nitriles is 1. The number of carbonyl (C=O) groups is 1. The van der Waals surface area contributed by atoms with Crippen molar-refractivity contribution in [2.24, 2.45) is 5.92 Å². The molecule has 11 heteroatoms. The molecule has 1 aromatic heterocycles. The molecule has 3 fully saturated rings. The zero-order chi connectivity index (χ0) is 35.7. The lowest BCUT2D eigenvalue weighted by Gasteiger charge is -2.42. The fourth-order valence-corrected chi connectivity index (χ4v) is 8.28. The molecule has 3 saturated heterocycles. The van der Waals surface area contributed by atoms with Crippen LogP contribution in [0.25, 0.3) is 0 Å². The molecule has 1 aliphatic carbocycles. The van der Waals surface area contributed by atoms with Crippen molar-refractivity contribution in [2.75, 3.05) is 44.2 Å². The standard InChI is InChI=1S/C34H41ClF2N6O2.2C2H6/c1-22-24(8-9-25-6-3-4-7-29(25)35)10-11-28-30(22)39-33(45-21-34-13-5-15-42(34)19-26(37)18-34)40-31(28)41-16-17-43(32(44)23(2)36)27(20-41)12-14-38;2*1-2/h3-4,6-7,22,24,26-27H,2,5,8-13,15-21H2,1H3;2*1-2H3. The number of alkyl halides is 1. The first-order valence-corrected chi connectivity index (χ1v) is 18.5. The van der Waals surface area contributed by atoms with Gasteiger partial charge in [0.15, 0.2) is 5.83 Å². The van der Waals surface area contributed by atoms with E-state index in [0.29, 0.717) is 38.6 Å². The van der Waals surface area contributed by atoms with Gasteiger partial charge in [0.25, 0.3) is 5.91 Å². The molecule has 0 saturated carbocycles. The predicted octanol–water partition coefficient (Wildman–Crippen LogP) is 7.85. The number of hydrogen-bond donors (Lipinski definition) is 0. The minimum Gasteiger partial charge on any atom is -0.461 e. The number of aryl methyl sites for hydroxylation is 1. The zero-order valence-corrected chi connectivity index (χ0v) is 30.6. The lowest BCUT2D eigenvalue weighted by Crippen LogP contribution is -2.55. The fraction of sp³-hybridized carbons (Fsp3) is 0.632. The Labute approximate surface area is 296 Å². The third kappa shape index (κ3) is 8.54. The second-order valence-corrected chi connectivity index (χ2v) is 13.5. The van der Waals surface area contributed by atoms with E-state index < -0.39 is 23.9 Å². The highest BCUT2D eigenvalue weighted by Gasteiger charge is 2.49. The highest BCUT2D eigenvalue weighted by Crippen LogP contribution is 2.43. The topological polar surface area (TPSA) is 85.6 Å². The van der Waals surface area contributed by atoms with Crippen LogP contribution < -0.4 is 9.64 Å². The Bertz CT molecular complexity index is 1490. The molecule has 6 rings (SSSR count). The zero-order valence-electron chi connectivity index (χ0n) is 29.9. The number of piperazine rings is 1. The summed E-state index contributed by atoms with van der Waals surface area (Å²) in [6, 6.07) is 9.89. The molecule has 0 bridgehead atoms. The summed E-state index contributed by atoms with van der Waals surface area (Å²) in [5, 5.41) is 10.3. The van der Waals surface area contributed by atoms with Crippen LogP contribution in [-0.4, -0.2) is 82.8 Å². The molecule has 5 atom stereocenters. The van der Waals surface area contributed by atoms with Crippen molar-refractivity contribution in [2.45, 2.75) is 110 Å². The van der Waals surface area contributed by atoms with Crippen molar-refractivity contribution in [1.29, 1.82) is 5.26 Å². The number of carbonyl (C=O) groups excluding carboxylic acids is 1. The number of nitrogens with zero attached hydrogens (tertiary/aromatic N) is 6. The molecule has 49 heavy (non-hydrogen) atoms. The van der Waals surface area contributed by atoms with Crippen molar-refractivity contribution < 1.29 is 18.3 Å². The van der Waals surface area contributed by atoms with Crippen molar-refractivity contribution in [3.63, 3.8) is 0 Å². The van der Waals surface area contributed by atoms with Gasteiger partial charge in [-0.15, -0.1) is 0 Å². The highest BCUT2D eigenvalue weighted by atomic mass is 35.5. The lowest BCUT2D eigenvalue weighted by molar-refractivity contribution is -0.131. The molecule has 268 valence electrons. The summed E-state index contributed by atoms with van der Waals surface area (Å²) in [5.41, 5.74) is 2.81. The molecule has 1 aromatic carbocycles. The normalized spacial score (nSPS) is 25.9. The van der Waals surface area contributed by atoms with E-state index in [1.165, 1.54) is 4.90 Å². The monoisotopic (exact) mass is 698 g/mol. The molecule has 4 heterocycles. The molecule has 2 aromatic rings. The Kier molecular flexibility index (Phi) is 13.8. The maximum Gasteiger partial charge on any atom is 0.318 e. The van der Waals surface area contributed by atoms with Crippen LogP contribution in [0, 0.1) is 17.2 Å². The number of halogens is 3. The smallest absolute Gasteiger partial charge is 0.318 e. The van der Waals surface area contributed by atoms with Crippen LogP contribution in [-0.2, 0) is 17.6 Å². The van der Waals surface area contributed by atoms with Gasteiger partial charge in [-0.1, -0.05) is 71.0 Å². The number of anilines is 1. The van der Waals surface area contributed by atoms with Crippen molar-refractivity contribution in [1.82, 2.24) is 19.8 Å². The number of ether oxygens (including phenoxy) is 1. The summed E-state index contributed by atoms with van der Waals surface area (Å²) in [6.45, 7) is 16.0. The summed E-state index contributed by atoms with van der Waals surface area (Å²) in [4.78, 5) is 28.2. The molecular weight excluding hydrogens is 646 g/mol. The van der Waals surface area contributed by atoms with E-state index in [9.17, 15) is 18.8 Å². The molecule has 1 amide bonds. The van der Waals surface area contributed by atoms with Gasteiger partial charge in [0.1, 0.15) is 18.6 Å². The summed E-state index contributed by atoms with van der Waals surface area (Å²) in [7, 11) is 0. The second kappa shape index (κ2) is 17.6. The summed E-state index contributed by atoms with van der Waals surface area (Å²) in [5.74, 6) is -0.540. The predicted molar refractivity (Wildman–Crippen MR) is 191 cm³/mol. The third-order valence-electron chi connectivity index (χ3n) is 10.5. The average molecular weight is 699 g/mol. The Morgan fingerprint density at radius 2 is 1.92 bits per heavy atom. The number of hydrogen-bond acceptors (Lipinski definition) is 7. The van der Waals surface area contributed by atoms with E-state index in [1.807, 2.05) is 45.9 Å². The first-order valence-electron chi connectivity index (χ1n) is 18.1. The summed E-state index contributed by atoms with van der Waals surface area (Å²) >= 11 is 6.46. The SMILES string of the molecule is C=C(F)C(=O)N1CCN(c2nc(OCC34CCCN3CC(F)C4)nc3c2CCC(CCc2ccccc2Cl)C3C)CC1CC#N.CC.CC. The lowest BCUT2D eigenvalue weighted by atomic mass is 9.76. The van der Waals surface area contributed by atoms with E-state index in [-0.39, 0.29) is 30.4 Å². The first kappa shape index (κ1) is 38.5. The van der Waals surface area contributed by atoms with Gasteiger partial charge in [0, 0.05) is 49.1 Å². The number of benzene rings is 1. The second-order valence-electron chi connectivity index (χ2n) is 13.1. The van der Waals surface area contributed by atoms with Crippen LogP contribution >= 0.6 is 11.6 Å². The fourth-order valence-electron chi connectivity index (χ4n) is 8.05. The Morgan fingerprint density at radius 1 is 1.16 bits per heavy atom. The van der Waals surface area contributed by atoms with Gasteiger partial charge in [0.2, 0.25) is 0 Å². The first-order chi connectivity index (χ1) is 23.7. The third-order valence-corrected chi connectivity index (χ3v) is 10.8. The minimum atomic E-state index is -1.03. The molecule has 5 unspecified atom stereocenters. The maximum atomic E-state index is 14.5. The van der Waals surface area contributed by atoms with Crippen LogP contribution in [0.1, 0.15) is 95.9 Å². The number of fused-ring (bicyclic) bond motifs is 2. The molecule has 0 spiro atoms. The maximum absolute atomic E-state index is 14.5. The van der Waals surface area contributed by atoms with E-state index in [0.717, 1.165) is 72.7 Å². The van der Waals surface area contributed by atoms with Gasteiger partial charge >= 0.3 is 6.01 Å². The van der Waals surface area contributed by atoms with Gasteiger partial charge in [0.05, 0.1) is 29.8 Å². The molecule has 3 aliphatic heterocycles. The summed E-state index contributed by atoms with van der Waals surface area (Å²) < 4.78 is 34.7. The molecule has 0 radical (unpaired) electrons. The summed E-state index contributed by atoms with van der Waals surface area (Å²) in [6.07, 6.45) is 5.16. The van der Waals surface area contributed by atoms with Crippen molar-refractivity contribution in [3.05, 3.63) is 58.5 Å². The van der Waals surface area contributed by atoms with Crippen LogP contribution in [0.2, 0.25) is 5.02 Å². The van der Waals surface area contributed by atoms with Crippen LogP contribution in [0.5, 0.6) is 6.01 Å². The quantitative estimate of drug-likeness (QED) is 0.247. The van der Waals surface area contributed by atoms with Crippen LogP contribution in [0.3, 0.4) is 0 Å². The molecule has 8 nitrogen and oxygen atoms in total. The van der Waals surface area contributed by atoms with E-state index in [4.69, 9.17) is 26.3 Å². The highest BCUT2D eigenvalue weighted by molar-refractivity contribution is 6.31. The van der Waals surface area contributed by atoms with Gasteiger partial charge in [-0.3, -0.25) is 9.69 Å². The number of amides is 1. The van der Waals surface area contributed by atoms with Gasteiger partial charge in [-0.25, -0.2) is 8.78 Å². The van der Waals surface area contributed by atoms with Crippen LogP contribution in [0.15, 0.2) is 36.7 Å². The molecule has 4 aliphatic rings. The Hall–Kier alpha value is -3.29.